The first-order chi connectivity index (χ1) is 16.2. The fourth-order valence-electron chi connectivity index (χ4n) is 3.70. The Morgan fingerprint density at radius 1 is 1.03 bits per heavy atom. The van der Waals surface area contributed by atoms with Gasteiger partial charge in [-0.1, -0.05) is 60.7 Å². The lowest BCUT2D eigenvalue weighted by atomic mass is 9.81. The molecule has 5 nitrogen and oxygen atoms in total. The molecule has 0 saturated carbocycles. The molecule has 0 radical (unpaired) electrons. The molecule has 1 N–H and O–H groups in total. The van der Waals surface area contributed by atoms with Gasteiger partial charge in [-0.25, -0.2) is 19.2 Å². The van der Waals surface area contributed by atoms with Gasteiger partial charge in [0.1, 0.15) is 5.82 Å². The second-order valence-electron chi connectivity index (χ2n) is 7.60. The Balaban J connectivity index is 1.58. The lowest BCUT2D eigenvalue weighted by molar-refractivity contribution is -0.255. The van der Waals surface area contributed by atoms with E-state index < -0.39 is 30.0 Å². The van der Waals surface area contributed by atoms with Gasteiger partial charge >= 0.3 is 12.1 Å². The Hall–Kier alpha value is -3.85. The Labute approximate surface area is 192 Å². The van der Waals surface area contributed by atoms with Gasteiger partial charge in [-0.05, 0) is 17.2 Å². The van der Waals surface area contributed by atoms with E-state index in [0.29, 0.717) is 16.7 Å². The van der Waals surface area contributed by atoms with Crippen molar-refractivity contribution in [1.82, 2.24) is 9.97 Å². The highest BCUT2D eigenvalue weighted by Gasteiger charge is 2.58. The number of allylic oxidation sites excluding steroid dienone is 2. The van der Waals surface area contributed by atoms with Crippen molar-refractivity contribution in [3.05, 3.63) is 102 Å². The number of carboxylic acids is 1. The molecule has 0 aliphatic heterocycles. The fourth-order valence-corrected chi connectivity index (χ4v) is 3.70. The summed E-state index contributed by atoms with van der Waals surface area (Å²) in [5.74, 6) is -2.35. The standard InChI is InChI=1S/C25H18F4N2O3/c26-21-7-2-1-5-19(21)20-6-3-4-12-24(20,25(27,28)29)34-15-16-8-10-17(11-9-16)18-13-30-22(23(32)33)31-14-18/h1-11,13-14H,12,15H2,(H,32,33). The topological polar surface area (TPSA) is 72.3 Å². The van der Waals surface area contributed by atoms with Crippen molar-refractivity contribution < 1.29 is 32.2 Å². The average Bonchev–Trinajstić information content (AvgIpc) is 2.83. The van der Waals surface area contributed by atoms with E-state index in [1.54, 1.807) is 24.3 Å². The SMILES string of the molecule is O=C(O)c1ncc(-c2ccc(COC3(C(F)(F)F)CC=CC=C3c3ccccc3F)cc2)cn1. The van der Waals surface area contributed by atoms with Gasteiger partial charge < -0.3 is 9.84 Å². The maximum Gasteiger partial charge on any atom is 0.422 e. The van der Waals surface area contributed by atoms with Crippen LogP contribution in [-0.2, 0) is 11.3 Å². The van der Waals surface area contributed by atoms with E-state index in [-0.39, 0.29) is 23.6 Å². The normalized spacial score (nSPS) is 17.9. The van der Waals surface area contributed by atoms with Gasteiger partial charge in [0, 0.05) is 35.5 Å². The molecule has 2 aromatic carbocycles. The first kappa shape index (κ1) is 23.3. The van der Waals surface area contributed by atoms with E-state index in [1.807, 2.05) is 0 Å². The number of hydrogen-bond donors (Lipinski definition) is 1. The number of halogens is 4. The van der Waals surface area contributed by atoms with Crippen LogP contribution in [-0.4, -0.2) is 32.8 Å². The molecule has 1 atom stereocenters. The summed E-state index contributed by atoms with van der Waals surface area (Å²) in [6, 6.07) is 11.8. The van der Waals surface area contributed by atoms with Crippen LogP contribution < -0.4 is 0 Å². The molecule has 3 aromatic rings. The van der Waals surface area contributed by atoms with Crippen molar-refractivity contribution in [2.45, 2.75) is 24.8 Å². The molecule has 0 bridgehead atoms. The number of aromatic nitrogens is 2. The van der Waals surface area contributed by atoms with Gasteiger partial charge in [0.05, 0.1) is 6.61 Å². The van der Waals surface area contributed by atoms with Crippen LogP contribution in [0.1, 0.15) is 28.2 Å². The molecule has 1 unspecified atom stereocenters. The molecule has 1 aromatic heterocycles. The second kappa shape index (κ2) is 9.18. The van der Waals surface area contributed by atoms with Crippen molar-refractivity contribution in [3.63, 3.8) is 0 Å². The fraction of sp³-hybridized carbons (Fsp3) is 0.160. The number of alkyl halides is 3. The zero-order valence-electron chi connectivity index (χ0n) is 17.6. The minimum absolute atomic E-state index is 0.163. The highest BCUT2D eigenvalue weighted by molar-refractivity contribution is 5.83. The number of nitrogens with zero attached hydrogens (tertiary/aromatic N) is 2. The van der Waals surface area contributed by atoms with Crippen LogP contribution in [0, 0.1) is 5.82 Å². The number of benzene rings is 2. The van der Waals surface area contributed by atoms with Crippen molar-refractivity contribution in [2.24, 2.45) is 0 Å². The molecule has 0 spiro atoms. The molecule has 1 aliphatic rings. The van der Waals surface area contributed by atoms with Gasteiger partial charge in [-0.3, -0.25) is 0 Å². The zero-order valence-corrected chi connectivity index (χ0v) is 17.6. The van der Waals surface area contributed by atoms with Gasteiger partial charge in [-0.15, -0.1) is 0 Å². The van der Waals surface area contributed by atoms with E-state index >= 15 is 0 Å². The number of ether oxygens (including phenoxy) is 1. The summed E-state index contributed by atoms with van der Waals surface area (Å²) in [6.07, 6.45) is 1.46. The summed E-state index contributed by atoms with van der Waals surface area (Å²) in [5, 5.41) is 8.89. The predicted molar refractivity (Wildman–Crippen MR) is 116 cm³/mol. The first-order valence-electron chi connectivity index (χ1n) is 10.2. The van der Waals surface area contributed by atoms with Crippen LogP contribution in [0.25, 0.3) is 16.7 Å². The lowest BCUT2D eigenvalue weighted by Gasteiger charge is -2.38. The molecule has 0 fully saturated rings. The van der Waals surface area contributed by atoms with Crippen molar-refractivity contribution in [1.29, 1.82) is 0 Å². The van der Waals surface area contributed by atoms with Crippen LogP contribution in [0.3, 0.4) is 0 Å². The summed E-state index contributed by atoms with van der Waals surface area (Å²) in [4.78, 5) is 18.4. The maximum atomic E-state index is 14.4. The number of carbonyl (C=O) groups is 1. The molecule has 0 saturated heterocycles. The first-order valence-corrected chi connectivity index (χ1v) is 10.2. The predicted octanol–water partition coefficient (Wildman–Crippen LogP) is 5.84. The van der Waals surface area contributed by atoms with Gasteiger partial charge in [-0.2, -0.15) is 13.2 Å². The molecular weight excluding hydrogens is 452 g/mol. The Morgan fingerprint density at radius 3 is 2.32 bits per heavy atom. The van der Waals surface area contributed by atoms with E-state index in [1.165, 1.54) is 48.8 Å². The highest BCUT2D eigenvalue weighted by atomic mass is 19.4. The molecule has 1 aliphatic carbocycles. The van der Waals surface area contributed by atoms with E-state index in [2.05, 4.69) is 9.97 Å². The van der Waals surface area contributed by atoms with E-state index in [0.717, 1.165) is 6.07 Å². The molecule has 34 heavy (non-hydrogen) atoms. The van der Waals surface area contributed by atoms with Crippen LogP contribution in [0.2, 0.25) is 0 Å². The average molecular weight is 470 g/mol. The summed E-state index contributed by atoms with van der Waals surface area (Å²) < 4.78 is 63.0. The summed E-state index contributed by atoms with van der Waals surface area (Å²) in [6.45, 7) is -0.367. The molecule has 9 heteroatoms. The third-order valence-corrected chi connectivity index (χ3v) is 5.48. The maximum absolute atomic E-state index is 14.4. The second-order valence-corrected chi connectivity index (χ2v) is 7.60. The van der Waals surface area contributed by atoms with Crippen molar-refractivity contribution in [2.75, 3.05) is 0 Å². The summed E-state index contributed by atoms with van der Waals surface area (Å²) in [7, 11) is 0. The van der Waals surface area contributed by atoms with Crippen LogP contribution >= 0.6 is 0 Å². The summed E-state index contributed by atoms with van der Waals surface area (Å²) in [5.41, 5.74) is -1.48. The van der Waals surface area contributed by atoms with Crippen molar-refractivity contribution in [3.8, 4) is 11.1 Å². The van der Waals surface area contributed by atoms with Crippen molar-refractivity contribution >= 4 is 11.5 Å². The zero-order chi connectivity index (χ0) is 24.3. The van der Waals surface area contributed by atoms with Gasteiger partial charge in [0.15, 0.2) is 5.60 Å². The molecule has 174 valence electrons. The van der Waals surface area contributed by atoms with E-state index in [9.17, 15) is 22.4 Å². The minimum atomic E-state index is -4.80. The third kappa shape index (κ3) is 4.47. The summed E-state index contributed by atoms with van der Waals surface area (Å²) >= 11 is 0. The smallest absolute Gasteiger partial charge is 0.422 e. The number of hydrogen-bond acceptors (Lipinski definition) is 4. The molecule has 1 heterocycles. The number of carboxylic acid groups (broad SMARTS) is 1. The minimum Gasteiger partial charge on any atom is -0.475 e. The Bertz CT molecular complexity index is 1250. The van der Waals surface area contributed by atoms with Crippen LogP contribution in [0.4, 0.5) is 17.6 Å². The van der Waals surface area contributed by atoms with Crippen LogP contribution in [0.15, 0.2) is 79.2 Å². The number of rotatable bonds is 6. The Morgan fingerprint density at radius 2 is 1.71 bits per heavy atom. The third-order valence-electron chi connectivity index (χ3n) is 5.48. The largest absolute Gasteiger partial charge is 0.475 e. The van der Waals surface area contributed by atoms with Crippen LogP contribution in [0.5, 0.6) is 0 Å². The Kier molecular flexibility index (Phi) is 6.30. The van der Waals surface area contributed by atoms with Gasteiger partial charge in [0.2, 0.25) is 5.82 Å². The number of aromatic carboxylic acids is 1. The van der Waals surface area contributed by atoms with E-state index in [4.69, 9.17) is 9.84 Å². The quantitative estimate of drug-likeness (QED) is 0.458. The molecular formula is C25H18F4N2O3. The lowest BCUT2D eigenvalue weighted by Crippen LogP contribution is -2.49. The van der Waals surface area contributed by atoms with Gasteiger partial charge in [0.25, 0.3) is 0 Å². The molecule has 4 rings (SSSR count). The highest BCUT2D eigenvalue weighted by Crippen LogP contribution is 2.48. The molecule has 0 amide bonds. The monoisotopic (exact) mass is 470 g/mol.